The molecule has 0 radical (unpaired) electrons. The van der Waals surface area contributed by atoms with Crippen LogP contribution in [0.5, 0.6) is 11.5 Å². The lowest BCUT2D eigenvalue weighted by molar-refractivity contribution is -0.130. The minimum Gasteiger partial charge on any atom is -0.486 e. The zero-order chi connectivity index (χ0) is 18.7. The van der Waals surface area contributed by atoms with E-state index >= 15 is 0 Å². The number of ether oxygens (including phenoxy) is 2. The van der Waals surface area contributed by atoms with E-state index in [2.05, 4.69) is 0 Å². The molecule has 9 heteroatoms. The number of hydrogen-bond acceptors (Lipinski definition) is 6. The molecule has 1 aliphatic heterocycles. The van der Waals surface area contributed by atoms with Gasteiger partial charge in [-0.3, -0.25) is 4.79 Å². The van der Waals surface area contributed by atoms with Crippen molar-refractivity contribution in [1.82, 2.24) is 4.90 Å². The molecule has 1 aromatic rings. The van der Waals surface area contributed by atoms with Gasteiger partial charge in [0.05, 0.1) is 10.6 Å². The summed E-state index contributed by atoms with van der Waals surface area (Å²) in [5.74, 6) is 0.479. The molecule has 0 fully saturated rings. The minimum atomic E-state index is -3.58. The van der Waals surface area contributed by atoms with Gasteiger partial charge in [-0.25, -0.2) is 8.42 Å². The first-order chi connectivity index (χ1) is 11.6. The molecule has 0 saturated heterocycles. The van der Waals surface area contributed by atoms with Crippen LogP contribution >= 0.6 is 12.4 Å². The van der Waals surface area contributed by atoms with E-state index in [-0.39, 0.29) is 40.8 Å². The Morgan fingerprint density at radius 3 is 2.46 bits per heavy atom. The average Bonchev–Trinajstić information content (AvgIpc) is 2.58. The summed E-state index contributed by atoms with van der Waals surface area (Å²) in [6, 6.07) is 4.52. The number of halogens is 1. The molecule has 1 amide bonds. The monoisotopic (exact) mass is 406 g/mol. The van der Waals surface area contributed by atoms with Crippen molar-refractivity contribution < 1.29 is 22.7 Å². The average molecular weight is 407 g/mol. The number of nitrogens with zero attached hydrogens (tertiary/aromatic N) is 1. The molecule has 0 unspecified atom stereocenters. The molecule has 1 aliphatic rings. The number of carbonyl (C=O) groups excluding carboxylic acids is 1. The molecule has 0 spiro atoms. The van der Waals surface area contributed by atoms with Crippen molar-refractivity contribution in [3.8, 4) is 11.5 Å². The van der Waals surface area contributed by atoms with Gasteiger partial charge in [0.15, 0.2) is 21.3 Å². The number of nitrogens with two attached hydrogens (primary N) is 1. The SMILES string of the molecule is CN(CC(C)(C)CN)C(=O)CCS(=O)(=O)c1ccc2c(c1)OCCO2.Cl. The van der Waals surface area contributed by atoms with Crippen molar-refractivity contribution in [3.05, 3.63) is 18.2 Å². The number of amides is 1. The van der Waals surface area contributed by atoms with E-state index in [4.69, 9.17) is 15.2 Å². The molecule has 7 nitrogen and oxygen atoms in total. The molecule has 148 valence electrons. The first-order valence-electron chi connectivity index (χ1n) is 8.21. The summed E-state index contributed by atoms with van der Waals surface area (Å²) in [4.78, 5) is 13.9. The molecule has 2 rings (SSSR count). The van der Waals surface area contributed by atoms with E-state index in [1.807, 2.05) is 13.8 Å². The predicted molar refractivity (Wildman–Crippen MR) is 102 cm³/mol. The fourth-order valence-corrected chi connectivity index (χ4v) is 3.78. The van der Waals surface area contributed by atoms with Gasteiger partial charge in [0.25, 0.3) is 0 Å². The highest BCUT2D eigenvalue weighted by Gasteiger charge is 2.24. The third-order valence-electron chi connectivity index (χ3n) is 4.10. The summed E-state index contributed by atoms with van der Waals surface area (Å²) in [5, 5.41) is 0. The van der Waals surface area contributed by atoms with Gasteiger partial charge in [0.1, 0.15) is 13.2 Å². The standard InChI is InChI=1S/C17H26N2O5S.ClH/c1-17(2,11-18)12-19(3)16(20)6-9-25(21,22)13-4-5-14-15(10-13)24-8-7-23-14;/h4-5,10H,6-9,11-12,18H2,1-3H3;1H. The summed E-state index contributed by atoms with van der Waals surface area (Å²) in [6.45, 7) is 5.67. The van der Waals surface area contributed by atoms with Crippen molar-refractivity contribution in [1.29, 1.82) is 0 Å². The van der Waals surface area contributed by atoms with Gasteiger partial charge >= 0.3 is 0 Å². The lowest BCUT2D eigenvalue weighted by Gasteiger charge is -2.29. The highest BCUT2D eigenvalue weighted by Crippen LogP contribution is 2.32. The van der Waals surface area contributed by atoms with Crippen LogP contribution in [0.2, 0.25) is 0 Å². The highest BCUT2D eigenvalue weighted by atomic mass is 35.5. The number of carbonyl (C=O) groups is 1. The summed E-state index contributed by atoms with van der Waals surface area (Å²) in [5.41, 5.74) is 5.46. The van der Waals surface area contributed by atoms with Crippen LogP contribution in [0.3, 0.4) is 0 Å². The smallest absolute Gasteiger partial charge is 0.223 e. The molecule has 0 aromatic heterocycles. The molecule has 26 heavy (non-hydrogen) atoms. The van der Waals surface area contributed by atoms with Crippen molar-refractivity contribution >= 4 is 28.2 Å². The molecule has 1 aromatic carbocycles. The van der Waals surface area contributed by atoms with E-state index in [0.29, 0.717) is 37.8 Å². The second-order valence-corrected chi connectivity index (χ2v) is 9.10. The van der Waals surface area contributed by atoms with Crippen LogP contribution in [0.25, 0.3) is 0 Å². The van der Waals surface area contributed by atoms with Crippen molar-refractivity contribution in [2.24, 2.45) is 11.1 Å². The first kappa shape index (κ1) is 22.5. The van der Waals surface area contributed by atoms with E-state index in [1.54, 1.807) is 13.1 Å². The fraction of sp³-hybridized carbons (Fsp3) is 0.588. The lowest BCUT2D eigenvalue weighted by atomic mass is 9.93. The van der Waals surface area contributed by atoms with E-state index in [1.165, 1.54) is 17.0 Å². The Balaban J connectivity index is 0.00000338. The quantitative estimate of drug-likeness (QED) is 0.736. The van der Waals surface area contributed by atoms with Gasteiger partial charge < -0.3 is 20.1 Å². The summed E-state index contributed by atoms with van der Waals surface area (Å²) in [7, 11) is -1.92. The Hall–Kier alpha value is -1.51. The van der Waals surface area contributed by atoms with Gasteiger partial charge in [0, 0.05) is 26.1 Å². The second-order valence-electron chi connectivity index (χ2n) is 6.99. The molecular formula is C17H27ClN2O5S. The maximum absolute atomic E-state index is 12.5. The number of fused-ring (bicyclic) bond motifs is 1. The summed E-state index contributed by atoms with van der Waals surface area (Å²) < 4.78 is 35.8. The Kier molecular flexibility index (Phi) is 7.73. The Morgan fingerprint density at radius 2 is 1.85 bits per heavy atom. The minimum absolute atomic E-state index is 0. The third kappa shape index (κ3) is 5.75. The second kappa shape index (κ2) is 8.92. The van der Waals surface area contributed by atoms with Gasteiger partial charge in [-0.1, -0.05) is 13.8 Å². The number of sulfone groups is 1. The van der Waals surface area contributed by atoms with Crippen LogP contribution < -0.4 is 15.2 Å². The van der Waals surface area contributed by atoms with Crippen LogP contribution in [0, 0.1) is 5.41 Å². The molecule has 2 N–H and O–H groups in total. The highest BCUT2D eigenvalue weighted by molar-refractivity contribution is 7.91. The van der Waals surface area contributed by atoms with E-state index in [9.17, 15) is 13.2 Å². The van der Waals surface area contributed by atoms with Gasteiger partial charge in [-0.05, 0) is 24.1 Å². The Morgan fingerprint density at radius 1 is 1.23 bits per heavy atom. The topological polar surface area (TPSA) is 98.9 Å². The summed E-state index contributed by atoms with van der Waals surface area (Å²) >= 11 is 0. The number of rotatable bonds is 7. The predicted octanol–water partition coefficient (Wildman–Crippen LogP) is 1.49. The number of benzene rings is 1. The largest absolute Gasteiger partial charge is 0.486 e. The van der Waals surface area contributed by atoms with Crippen LogP contribution in [0.15, 0.2) is 23.1 Å². The van der Waals surface area contributed by atoms with Crippen molar-refractivity contribution in [2.45, 2.75) is 25.2 Å². The van der Waals surface area contributed by atoms with E-state index in [0.717, 1.165) is 0 Å². The fourth-order valence-electron chi connectivity index (χ4n) is 2.54. The Labute approximate surface area is 161 Å². The normalized spacial score (nSPS) is 13.7. The molecular weight excluding hydrogens is 380 g/mol. The zero-order valence-corrected chi connectivity index (χ0v) is 17.0. The van der Waals surface area contributed by atoms with Crippen LogP contribution in [0.4, 0.5) is 0 Å². The van der Waals surface area contributed by atoms with Crippen LogP contribution in [0.1, 0.15) is 20.3 Å². The molecule has 1 heterocycles. The first-order valence-corrected chi connectivity index (χ1v) is 9.86. The van der Waals surface area contributed by atoms with Crippen molar-refractivity contribution in [3.63, 3.8) is 0 Å². The van der Waals surface area contributed by atoms with Gasteiger partial charge in [-0.2, -0.15) is 0 Å². The van der Waals surface area contributed by atoms with Gasteiger partial charge in [0.2, 0.25) is 5.91 Å². The lowest BCUT2D eigenvalue weighted by Crippen LogP contribution is -2.40. The van der Waals surface area contributed by atoms with Crippen molar-refractivity contribution in [2.75, 3.05) is 39.1 Å². The molecule has 0 bridgehead atoms. The van der Waals surface area contributed by atoms with Gasteiger partial charge in [-0.15, -0.1) is 12.4 Å². The maximum Gasteiger partial charge on any atom is 0.223 e. The molecule has 0 aliphatic carbocycles. The molecule has 0 atom stereocenters. The van der Waals surface area contributed by atoms with E-state index < -0.39 is 9.84 Å². The maximum atomic E-state index is 12.5. The zero-order valence-electron chi connectivity index (χ0n) is 15.4. The molecule has 0 saturated carbocycles. The van der Waals surface area contributed by atoms with Crippen LogP contribution in [-0.2, 0) is 14.6 Å². The van der Waals surface area contributed by atoms with Crippen LogP contribution in [-0.4, -0.2) is 58.3 Å². The summed E-state index contributed by atoms with van der Waals surface area (Å²) in [6.07, 6.45) is -0.0755. The third-order valence-corrected chi connectivity index (χ3v) is 5.81. The Bertz CT molecular complexity index is 737. The number of hydrogen-bond donors (Lipinski definition) is 1.